The Morgan fingerprint density at radius 3 is 1.88 bits per heavy atom. The summed E-state index contributed by atoms with van der Waals surface area (Å²) in [4.78, 5) is 25.1. The van der Waals surface area contributed by atoms with Crippen LogP contribution in [0.1, 0.15) is 76.2 Å². The molecule has 1 aliphatic rings. The van der Waals surface area contributed by atoms with Crippen molar-refractivity contribution in [3.8, 4) is 0 Å². The summed E-state index contributed by atoms with van der Waals surface area (Å²) in [6, 6.07) is 0. The monoisotopic (exact) mass is 348 g/mol. The highest BCUT2D eigenvalue weighted by atomic mass is 17.2. The first-order chi connectivity index (χ1) is 11.0. The van der Waals surface area contributed by atoms with Gasteiger partial charge in [-0.25, -0.2) is 9.78 Å². The molecule has 0 radical (unpaired) electrons. The van der Waals surface area contributed by atoms with E-state index in [2.05, 4.69) is 20.8 Å². The minimum atomic E-state index is -1.17. The standard InChI is InChI=1S/C22H36O3/c1-15(2)12-16-13-17(19(3,4)5)14-22(18(16)23,20(6,7)8)25-24-21(9,10)11/h12-14H,1-11H3. The van der Waals surface area contributed by atoms with E-state index >= 15 is 0 Å². The third-order valence-electron chi connectivity index (χ3n) is 4.12. The second-order valence-corrected chi connectivity index (χ2v) is 10.3. The van der Waals surface area contributed by atoms with Crippen LogP contribution in [0.3, 0.4) is 0 Å². The van der Waals surface area contributed by atoms with Crippen molar-refractivity contribution in [3.05, 3.63) is 34.9 Å². The van der Waals surface area contributed by atoms with E-state index < -0.39 is 16.6 Å². The molecule has 0 spiro atoms. The number of carbonyl (C=O) groups excluding carboxylic acids is 1. The minimum absolute atomic E-state index is 0.0570. The lowest BCUT2D eigenvalue weighted by molar-refractivity contribution is -0.397. The van der Waals surface area contributed by atoms with Gasteiger partial charge >= 0.3 is 0 Å². The van der Waals surface area contributed by atoms with Gasteiger partial charge in [0.1, 0.15) is 0 Å². The molecule has 25 heavy (non-hydrogen) atoms. The molecule has 0 aromatic rings. The Bertz CT molecular complexity index is 609. The summed E-state index contributed by atoms with van der Waals surface area (Å²) < 4.78 is 0. The van der Waals surface area contributed by atoms with E-state index in [9.17, 15) is 4.79 Å². The number of carbonyl (C=O) groups is 1. The van der Waals surface area contributed by atoms with Crippen LogP contribution in [0.5, 0.6) is 0 Å². The van der Waals surface area contributed by atoms with E-state index in [0.717, 1.165) is 11.1 Å². The molecule has 0 bridgehead atoms. The molecule has 3 heteroatoms. The number of ketones is 1. The number of hydrogen-bond acceptors (Lipinski definition) is 3. The first kappa shape index (κ1) is 21.9. The smallest absolute Gasteiger partial charge is 0.202 e. The van der Waals surface area contributed by atoms with Crippen molar-refractivity contribution in [3.63, 3.8) is 0 Å². The fourth-order valence-corrected chi connectivity index (χ4v) is 2.56. The summed E-state index contributed by atoms with van der Waals surface area (Å²) in [6.45, 7) is 22.2. The maximum Gasteiger partial charge on any atom is 0.202 e. The zero-order chi connectivity index (χ0) is 19.8. The molecular weight excluding hydrogens is 312 g/mol. The van der Waals surface area contributed by atoms with E-state index in [0.29, 0.717) is 5.57 Å². The van der Waals surface area contributed by atoms with Gasteiger partial charge in [0.2, 0.25) is 5.78 Å². The number of allylic oxidation sites excluding steroid dienone is 4. The number of rotatable bonds is 3. The fraction of sp³-hybridized carbons (Fsp3) is 0.682. The lowest BCUT2D eigenvalue weighted by Crippen LogP contribution is -2.54. The molecule has 0 saturated heterocycles. The van der Waals surface area contributed by atoms with Crippen molar-refractivity contribution in [1.29, 1.82) is 0 Å². The van der Waals surface area contributed by atoms with Crippen molar-refractivity contribution < 1.29 is 14.6 Å². The van der Waals surface area contributed by atoms with Crippen LogP contribution in [0.25, 0.3) is 0 Å². The fourth-order valence-electron chi connectivity index (χ4n) is 2.56. The third-order valence-corrected chi connectivity index (χ3v) is 4.12. The van der Waals surface area contributed by atoms with Crippen LogP contribution in [0.15, 0.2) is 34.9 Å². The lowest BCUT2D eigenvalue weighted by atomic mass is 9.66. The highest BCUT2D eigenvalue weighted by molar-refractivity contribution is 6.08. The molecule has 0 aromatic heterocycles. The molecule has 0 fully saturated rings. The Balaban J connectivity index is 3.63. The summed E-state index contributed by atoms with van der Waals surface area (Å²) >= 11 is 0. The Kier molecular flexibility index (Phi) is 5.98. The molecule has 1 unspecified atom stereocenters. The van der Waals surface area contributed by atoms with Gasteiger partial charge < -0.3 is 0 Å². The molecule has 1 aliphatic carbocycles. The molecule has 1 rings (SSSR count). The second kappa shape index (κ2) is 6.85. The Labute approximate surface area is 154 Å². The van der Waals surface area contributed by atoms with E-state index in [-0.39, 0.29) is 11.2 Å². The predicted octanol–water partition coefficient (Wildman–Crippen LogP) is 5.97. The van der Waals surface area contributed by atoms with E-state index in [4.69, 9.17) is 9.78 Å². The van der Waals surface area contributed by atoms with Gasteiger partial charge in [-0.15, -0.1) is 0 Å². The average Bonchev–Trinajstić information content (AvgIpc) is 2.35. The van der Waals surface area contributed by atoms with Gasteiger partial charge in [-0.2, -0.15) is 0 Å². The third kappa shape index (κ3) is 5.15. The Hall–Kier alpha value is -1.19. The lowest BCUT2D eigenvalue weighted by Gasteiger charge is -2.44. The molecule has 0 heterocycles. The van der Waals surface area contributed by atoms with Gasteiger partial charge in [-0.1, -0.05) is 53.2 Å². The molecule has 0 aliphatic heterocycles. The molecule has 0 N–H and O–H groups in total. The minimum Gasteiger partial charge on any atom is -0.290 e. The van der Waals surface area contributed by atoms with Crippen LogP contribution in [-0.2, 0) is 14.6 Å². The molecule has 0 saturated carbocycles. The first-order valence-corrected chi connectivity index (χ1v) is 9.01. The zero-order valence-electron chi connectivity index (χ0n) is 18.0. The van der Waals surface area contributed by atoms with Crippen molar-refractivity contribution in [2.45, 2.75) is 87.4 Å². The highest BCUT2D eigenvalue weighted by Crippen LogP contribution is 2.45. The summed E-state index contributed by atoms with van der Waals surface area (Å²) in [5.74, 6) is -0.0570. The van der Waals surface area contributed by atoms with Crippen LogP contribution in [0.2, 0.25) is 0 Å². The number of hydrogen-bond donors (Lipinski definition) is 0. The number of Topliss-reactive ketones (excluding diaryl/α,β-unsaturated/α-hetero) is 1. The van der Waals surface area contributed by atoms with E-state index in [1.54, 1.807) is 0 Å². The molecule has 142 valence electrons. The maximum absolute atomic E-state index is 13.5. The zero-order valence-corrected chi connectivity index (χ0v) is 18.0. The van der Waals surface area contributed by atoms with Gasteiger partial charge in [0.25, 0.3) is 0 Å². The van der Waals surface area contributed by atoms with E-state index in [1.165, 1.54) is 0 Å². The summed E-state index contributed by atoms with van der Waals surface area (Å²) in [7, 11) is 0. The van der Waals surface area contributed by atoms with Crippen molar-refractivity contribution >= 4 is 5.78 Å². The highest BCUT2D eigenvalue weighted by Gasteiger charge is 2.53. The molecule has 1 atom stereocenters. The summed E-state index contributed by atoms with van der Waals surface area (Å²) in [5, 5.41) is 0. The van der Waals surface area contributed by atoms with Crippen molar-refractivity contribution in [1.82, 2.24) is 0 Å². The molecule has 0 amide bonds. The van der Waals surface area contributed by atoms with Crippen LogP contribution in [0, 0.1) is 10.8 Å². The quantitative estimate of drug-likeness (QED) is 0.466. The molecule has 0 aromatic carbocycles. The summed E-state index contributed by atoms with van der Waals surface area (Å²) in [5.41, 5.74) is 0.565. The van der Waals surface area contributed by atoms with Crippen LogP contribution in [-0.4, -0.2) is 17.0 Å². The molecule has 3 nitrogen and oxygen atoms in total. The van der Waals surface area contributed by atoms with Gasteiger partial charge in [0.05, 0.1) is 5.60 Å². The van der Waals surface area contributed by atoms with Gasteiger partial charge in [0.15, 0.2) is 5.60 Å². The van der Waals surface area contributed by atoms with Crippen LogP contribution < -0.4 is 0 Å². The normalized spacial score (nSPS) is 22.4. The van der Waals surface area contributed by atoms with Crippen molar-refractivity contribution in [2.24, 2.45) is 10.8 Å². The first-order valence-electron chi connectivity index (χ1n) is 9.01. The Morgan fingerprint density at radius 1 is 1.00 bits per heavy atom. The van der Waals surface area contributed by atoms with Gasteiger partial charge in [-0.3, -0.25) is 4.79 Å². The maximum atomic E-state index is 13.5. The second-order valence-electron chi connectivity index (χ2n) is 10.3. The summed E-state index contributed by atoms with van der Waals surface area (Å²) in [6.07, 6.45) is 5.88. The van der Waals surface area contributed by atoms with Crippen molar-refractivity contribution in [2.75, 3.05) is 0 Å². The largest absolute Gasteiger partial charge is 0.290 e. The van der Waals surface area contributed by atoms with Crippen LogP contribution >= 0.6 is 0 Å². The molecular formula is C22H36O3. The van der Waals surface area contributed by atoms with E-state index in [1.807, 2.05) is 73.6 Å². The topological polar surface area (TPSA) is 35.5 Å². The SMILES string of the molecule is CC(C)=CC1=CC(C(C)(C)C)=CC(OOC(C)(C)C)(C(C)(C)C)C1=O. The predicted molar refractivity (Wildman–Crippen MR) is 104 cm³/mol. The average molecular weight is 349 g/mol. The van der Waals surface area contributed by atoms with Crippen LogP contribution in [0.4, 0.5) is 0 Å². The van der Waals surface area contributed by atoms with Gasteiger partial charge in [-0.05, 0) is 57.8 Å². The van der Waals surface area contributed by atoms with Gasteiger partial charge in [0, 0.05) is 11.0 Å². The Morgan fingerprint density at radius 2 is 1.52 bits per heavy atom.